The normalized spacial score (nSPS) is 14.8. The molecule has 1 fully saturated rings. The van der Waals surface area contributed by atoms with E-state index in [9.17, 15) is 4.79 Å². The zero-order valence-corrected chi connectivity index (χ0v) is 13.2. The van der Waals surface area contributed by atoms with E-state index in [0.717, 1.165) is 18.7 Å². The lowest BCUT2D eigenvalue weighted by atomic mass is 10.0. The molecule has 0 radical (unpaired) electrons. The van der Waals surface area contributed by atoms with E-state index < -0.39 is 0 Å². The van der Waals surface area contributed by atoms with E-state index in [1.165, 1.54) is 18.4 Å². The third kappa shape index (κ3) is 5.76. The molecule has 116 valence electrons. The summed E-state index contributed by atoms with van der Waals surface area (Å²) in [5, 5.41) is 6.43. The molecule has 0 aromatic heterocycles. The number of ether oxygens (including phenoxy) is 1. The molecule has 4 heteroatoms. The number of carbonyl (C=O) groups is 1. The van der Waals surface area contributed by atoms with Gasteiger partial charge in [-0.15, -0.1) is 0 Å². The van der Waals surface area contributed by atoms with Gasteiger partial charge in [0.15, 0.2) is 6.61 Å². The van der Waals surface area contributed by atoms with Crippen LogP contribution in [0.2, 0.25) is 0 Å². The Bertz CT molecular complexity index is 481. The molecule has 0 bridgehead atoms. The number of rotatable bonds is 8. The molecule has 1 amide bonds. The minimum Gasteiger partial charge on any atom is -0.484 e. The number of hydrogen-bond acceptors (Lipinski definition) is 3. The van der Waals surface area contributed by atoms with E-state index in [4.69, 9.17) is 4.74 Å². The van der Waals surface area contributed by atoms with Gasteiger partial charge < -0.3 is 15.4 Å². The maximum absolute atomic E-state index is 11.9. The highest BCUT2D eigenvalue weighted by molar-refractivity contribution is 5.78. The molecule has 0 atom stereocenters. The average molecular weight is 290 g/mol. The third-order valence-corrected chi connectivity index (χ3v) is 3.80. The van der Waals surface area contributed by atoms with Gasteiger partial charge in [0.05, 0.1) is 0 Å². The Morgan fingerprint density at radius 3 is 2.81 bits per heavy atom. The number of benzene rings is 1. The number of carbonyl (C=O) groups excluding carboxylic acids is 1. The summed E-state index contributed by atoms with van der Waals surface area (Å²) in [6, 6.07) is 8.61. The Kier molecular flexibility index (Phi) is 5.23. The van der Waals surface area contributed by atoms with Crippen LogP contribution >= 0.6 is 0 Å². The van der Waals surface area contributed by atoms with Crippen LogP contribution in [0.25, 0.3) is 0 Å². The second-order valence-corrected chi connectivity index (χ2v) is 6.38. The van der Waals surface area contributed by atoms with Crippen LogP contribution in [0.3, 0.4) is 0 Å². The highest BCUT2D eigenvalue weighted by atomic mass is 16.5. The topological polar surface area (TPSA) is 50.4 Å². The molecular weight excluding hydrogens is 264 g/mol. The van der Waals surface area contributed by atoms with Crippen molar-refractivity contribution in [1.82, 2.24) is 10.6 Å². The molecule has 21 heavy (non-hydrogen) atoms. The number of hydrogen-bond donors (Lipinski definition) is 2. The van der Waals surface area contributed by atoms with Crippen LogP contribution in [-0.2, 0) is 11.3 Å². The maximum Gasteiger partial charge on any atom is 0.258 e. The van der Waals surface area contributed by atoms with Gasteiger partial charge in [0.2, 0.25) is 0 Å². The lowest BCUT2D eigenvalue weighted by Crippen LogP contribution is -2.44. The number of nitrogens with one attached hydrogen (secondary N) is 2. The minimum atomic E-state index is -0.184. The van der Waals surface area contributed by atoms with Crippen molar-refractivity contribution in [3.8, 4) is 5.75 Å². The van der Waals surface area contributed by atoms with E-state index in [1.807, 2.05) is 32.0 Å². The summed E-state index contributed by atoms with van der Waals surface area (Å²) in [5.74, 6) is 0.665. The quantitative estimate of drug-likeness (QED) is 0.774. The standard InChI is InChI=1S/C17H26N2O2/c1-4-17(2,3)19-16(20)12-21-15-7-5-6-13(10-15)11-18-14-8-9-14/h5-7,10,14,18H,4,8-9,11-12H2,1-3H3,(H,19,20). The molecule has 0 unspecified atom stereocenters. The Hall–Kier alpha value is -1.55. The van der Waals surface area contributed by atoms with Gasteiger partial charge in [-0.3, -0.25) is 4.79 Å². The Labute approximate surface area is 127 Å². The predicted octanol–water partition coefficient (Wildman–Crippen LogP) is 2.62. The van der Waals surface area contributed by atoms with Crippen LogP contribution < -0.4 is 15.4 Å². The third-order valence-electron chi connectivity index (χ3n) is 3.80. The molecule has 1 aliphatic carbocycles. The van der Waals surface area contributed by atoms with Crippen LogP contribution in [0.1, 0.15) is 45.6 Å². The van der Waals surface area contributed by atoms with E-state index >= 15 is 0 Å². The highest BCUT2D eigenvalue weighted by Crippen LogP contribution is 2.20. The summed E-state index contributed by atoms with van der Waals surface area (Å²) in [5.41, 5.74) is 1.00. The monoisotopic (exact) mass is 290 g/mol. The van der Waals surface area contributed by atoms with Gasteiger partial charge >= 0.3 is 0 Å². The van der Waals surface area contributed by atoms with Crippen LogP contribution in [0.5, 0.6) is 5.75 Å². The van der Waals surface area contributed by atoms with Gasteiger partial charge in [0, 0.05) is 18.1 Å². The molecule has 4 nitrogen and oxygen atoms in total. The molecule has 2 N–H and O–H groups in total. The molecule has 1 saturated carbocycles. The summed E-state index contributed by atoms with van der Waals surface area (Å²) in [6.07, 6.45) is 3.45. The fraction of sp³-hybridized carbons (Fsp3) is 0.588. The number of amides is 1. The van der Waals surface area contributed by atoms with Crippen molar-refractivity contribution in [3.63, 3.8) is 0 Å². The molecule has 1 aromatic rings. The average Bonchev–Trinajstić information content (AvgIpc) is 3.27. The molecule has 0 spiro atoms. The van der Waals surface area contributed by atoms with Crippen molar-refractivity contribution < 1.29 is 9.53 Å². The van der Waals surface area contributed by atoms with Crippen molar-refractivity contribution in [1.29, 1.82) is 0 Å². The molecule has 0 saturated heterocycles. The largest absolute Gasteiger partial charge is 0.484 e. The van der Waals surface area contributed by atoms with Gasteiger partial charge in [0.25, 0.3) is 5.91 Å². The smallest absolute Gasteiger partial charge is 0.258 e. The van der Waals surface area contributed by atoms with Crippen molar-refractivity contribution in [2.24, 2.45) is 0 Å². The molecule has 0 aliphatic heterocycles. The zero-order chi connectivity index (χ0) is 15.3. The first kappa shape index (κ1) is 15.8. The highest BCUT2D eigenvalue weighted by Gasteiger charge is 2.20. The fourth-order valence-electron chi connectivity index (χ4n) is 1.95. The lowest BCUT2D eigenvalue weighted by Gasteiger charge is -2.24. The van der Waals surface area contributed by atoms with Crippen molar-refractivity contribution in [3.05, 3.63) is 29.8 Å². The summed E-state index contributed by atoms with van der Waals surface area (Å²) in [4.78, 5) is 11.9. The van der Waals surface area contributed by atoms with Gasteiger partial charge in [-0.2, -0.15) is 0 Å². The van der Waals surface area contributed by atoms with Gasteiger partial charge in [0.1, 0.15) is 5.75 Å². The second-order valence-electron chi connectivity index (χ2n) is 6.38. The van der Waals surface area contributed by atoms with Crippen molar-refractivity contribution in [2.75, 3.05) is 6.61 Å². The van der Waals surface area contributed by atoms with E-state index in [0.29, 0.717) is 6.04 Å². The first-order chi connectivity index (χ1) is 9.98. The summed E-state index contributed by atoms with van der Waals surface area (Å²) in [6.45, 7) is 6.99. The summed E-state index contributed by atoms with van der Waals surface area (Å²) >= 11 is 0. The van der Waals surface area contributed by atoms with Crippen LogP contribution in [0.15, 0.2) is 24.3 Å². The molecular formula is C17H26N2O2. The Balaban J connectivity index is 1.79. The van der Waals surface area contributed by atoms with Crippen molar-refractivity contribution in [2.45, 2.75) is 58.2 Å². The van der Waals surface area contributed by atoms with Gasteiger partial charge in [-0.05, 0) is 50.8 Å². The van der Waals surface area contributed by atoms with Crippen molar-refractivity contribution >= 4 is 5.91 Å². The summed E-state index contributed by atoms with van der Waals surface area (Å²) in [7, 11) is 0. The molecule has 1 aliphatic rings. The van der Waals surface area contributed by atoms with E-state index in [1.54, 1.807) is 0 Å². The van der Waals surface area contributed by atoms with Crippen LogP contribution in [-0.4, -0.2) is 24.1 Å². The van der Waals surface area contributed by atoms with Crippen LogP contribution in [0, 0.1) is 0 Å². The Morgan fingerprint density at radius 2 is 2.14 bits per heavy atom. The fourth-order valence-corrected chi connectivity index (χ4v) is 1.95. The lowest BCUT2D eigenvalue weighted by molar-refractivity contribution is -0.124. The molecule has 1 aromatic carbocycles. The SMILES string of the molecule is CCC(C)(C)NC(=O)COc1cccc(CNC2CC2)c1. The maximum atomic E-state index is 11.9. The predicted molar refractivity (Wildman–Crippen MR) is 84.3 cm³/mol. The first-order valence-electron chi connectivity index (χ1n) is 7.74. The first-order valence-corrected chi connectivity index (χ1v) is 7.74. The second kappa shape index (κ2) is 6.94. The minimum absolute atomic E-state index is 0.0585. The zero-order valence-electron chi connectivity index (χ0n) is 13.2. The van der Waals surface area contributed by atoms with Crippen LogP contribution in [0.4, 0.5) is 0 Å². The van der Waals surface area contributed by atoms with Gasteiger partial charge in [-0.25, -0.2) is 0 Å². The Morgan fingerprint density at radius 1 is 1.38 bits per heavy atom. The summed E-state index contributed by atoms with van der Waals surface area (Å²) < 4.78 is 5.58. The molecule has 2 rings (SSSR count). The molecule has 0 heterocycles. The van der Waals surface area contributed by atoms with E-state index in [-0.39, 0.29) is 18.1 Å². The van der Waals surface area contributed by atoms with Gasteiger partial charge in [-0.1, -0.05) is 19.1 Å². The van der Waals surface area contributed by atoms with E-state index in [2.05, 4.69) is 23.6 Å².